The maximum absolute atomic E-state index is 13.2. The number of rotatable bonds is 8. The summed E-state index contributed by atoms with van der Waals surface area (Å²) in [6.07, 6.45) is 2.07. The number of carbonyl (C=O) groups is 1. The van der Waals surface area contributed by atoms with E-state index in [4.69, 9.17) is 13.9 Å². The maximum atomic E-state index is 13.2. The van der Waals surface area contributed by atoms with Crippen LogP contribution >= 0.6 is 0 Å². The van der Waals surface area contributed by atoms with Crippen LogP contribution in [0, 0.1) is 5.92 Å². The molecule has 9 heteroatoms. The predicted molar refractivity (Wildman–Crippen MR) is 118 cm³/mol. The van der Waals surface area contributed by atoms with Crippen LogP contribution in [0.3, 0.4) is 0 Å². The van der Waals surface area contributed by atoms with Gasteiger partial charge in [0.05, 0.1) is 14.2 Å². The van der Waals surface area contributed by atoms with Crippen molar-refractivity contribution in [3.05, 3.63) is 41.9 Å². The van der Waals surface area contributed by atoms with Crippen LogP contribution in [0.25, 0.3) is 0 Å². The molecule has 2 aliphatic rings. The second-order valence-corrected chi connectivity index (χ2v) is 10.3. The Balaban J connectivity index is 1.33. The topological polar surface area (TPSA) is 89.3 Å². The lowest BCUT2D eigenvalue weighted by molar-refractivity contribution is -0.132. The number of sulfonamides is 1. The molecule has 2 aromatic rings. The Labute approximate surface area is 189 Å². The molecule has 1 aliphatic carbocycles. The number of ether oxygens (including phenoxy) is 2. The number of carbonyl (C=O) groups excluding carboxylic acids is 1. The number of nitrogens with zero attached hydrogens (tertiary/aromatic N) is 2. The maximum Gasteiger partial charge on any atom is 0.247 e. The molecule has 1 aliphatic heterocycles. The van der Waals surface area contributed by atoms with Crippen molar-refractivity contribution in [2.45, 2.75) is 37.0 Å². The van der Waals surface area contributed by atoms with Crippen molar-refractivity contribution >= 4 is 15.9 Å². The summed E-state index contributed by atoms with van der Waals surface area (Å²) in [6, 6.07) is 8.67. The number of furan rings is 1. The molecule has 2 unspecified atom stereocenters. The lowest BCUT2D eigenvalue weighted by Crippen LogP contribution is -2.50. The Hall–Kier alpha value is -2.52. The highest BCUT2D eigenvalue weighted by atomic mass is 32.2. The zero-order valence-corrected chi connectivity index (χ0v) is 19.6. The summed E-state index contributed by atoms with van der Waals surface area (Å²) in [7, 11) is -0.851. The van der Waals surface area contributed by atoms with Gasteiger partial charge in [-0.3, -0.25) is 4.79 Å². The smallest absolute Gasteiger partial charge is 0.247 e. The number of methoxy groups -OCH3 is 2. The van der Waals surface area contributed by atoms with Crippen LogP contribution in [0.1, 0.15) is 37.2 Å². The van der Waals surface area contributed by atoms with Gasteiger partial charge in [0.1, 0.15) is 27.9 Å². The highest BCUT2D eigenvalue weighted by molar-refractivity contribution is 7.89. The van der Waals surface area contributed by atoms with Gasteiger partial charge in [0.2, 0.25) is 15.9 Å². The molecule has 8 nitrogen and oxygen atoms in total. The summed E-state index contributed by atoms with van der Waals surface area (Å²) >= 11 is 0. The van der Waals surface area contributed by atoms with Gasteiger partial charge in [-0.2, -0.15) is 4.31 Å². The zero-order valence-electron chi connectivity index (χ0n) is 18.7. The molecule has 0 radical (unpaired) electrons. The molecule has 4 rings (SSSR count). The Morgan fingerprint density at radius 3 is 2.44 bits per heavy atom. The molecular weight excluding hydrogens is 432 g/mol. The molecule has 2 fully saturated rings. The second kappa shape index (κ2) is 9.15. The monoisotopic (exact) mass is 462 g/mol. The quantitative estimate of drug-likeness (QED) is 0.599. The van der Waals surface area contributed by atoms with Gasteiger partial charge < -0.3 is 18.8 Å². The van der Waals surface area contributed by atoms with E-state index in [0.717, 1.165) is 11.5 Å². The Kier molecular flexibility index (Phi) is 6.48. The fraction of sp³-hybridized carbons (Fsp3) is 0.522. The fourth-order valence-corrected chi connectivity index (χ4v) is 5.73. The minimum absolute atomic E-state index is 0.0127. The summed E-state index contributed by atoms with van der Waals surface area (Å²) in [5.41, 5.74) is 0. The number of hydrogen-bond donors (Lipinski definition) is 0. The van der Waals surface area contributed by atoms with Gasteiger partial charge in [-0.05, 0) is 36.6 Å². The number of aryl methyl sites for hydroxylation is 1. The number of hydrogen-bond acceptors (Lipinski definition) is 6. The first-order chi connectivity index (χ1) is 15.3. The van der Waals surface area contributed by atoms with Crippen molar-refractivity contribution in [1.29, 1.82) is 0 Å². The number of piperazine rings is 1. The second-order valence-electron chi connectivity index (χ2n) is 8.43. The molecular formula is C23H30N2O6S. The van der Waals surface area contributed by atoms with Crippen LogP contribution in [-0.4, -0.2) is 63.9 Å². The Morgan fingerprint density at radius 2 is 1.81 bits per heavy atom. The van der Waals surface area contributed by atoms with Crippen molar-refractivity contribution in [1.82, 2.24) is 9.21 Å². The van der Waals surface area contributed by atoms with E-state index in [9.17, 15) is 13.2 Å². The Morgan fingerprint density at radius 1 is 1.09 bits per heavy atom. The van der Waals surface area contributed by atoms with E-state index in [-0.39, 0.29) is 29.6 Å². The van der Waals surface area contributed by atoms with Gasteiger partial charge in [0.25, 0.3) is 0 Å². The van der Waals surface area contributed by atoms with Crippen LogP contribution in [-0.2, 0) is 21.2 Å². The lowest BCUT2D eigenvalue weighted by Gasteiger charge is -2.34. The molecule has 32 heavy (non-hydrogen) atoms. The average Bonchev–Trinajstić information content (AvgIpc) is 3.35. The normalized spacial score (nSPS) is 21.4. The molecule has 0 spiro atoms. The standard InChI is InChI=1S/C23H30N2O6S/c1-16-14-19(16)20-7-4-17(31-20)6-9-23(26)24-10-12-25(13-11-24)32(27,28)22-15-18(29-2)5-8-21(22)30-3/h4-5,7-8,15-16,19H,6,9-14H2,1-3H3. The van der Waals surface area contributed by atoms with Gasteiger partial charge in [-0.1, -0.05) is 6.92 Å². The minimum Gasteiger partial charge on any atom is -0.497 e. The molecule has 2 atom stereocenters. The van der Waals surface area contributed by atoms with Gasteiger partial charge in [0, 0.05) is 51.0 Å². The molecule has 1 amide bonds. The molecule has 2 heterocycles. The van der Waals surface area contributed by atoms with E-state index in [0.29, 0.717) is 43.5 Å². The zero-order chi connectivity index (χ0) is 22.9. The van der Waals surface area contributed by atoms with Crippen LogP contribution in [0.4, 0.5) is 0 Å². The summed E-state index contributed by atoms with van der Waals surface area (Å²) in [4.78, 5) is 14.5. The molecule has 1 saturated carbocycles. The van der Waals surface area contributed by atoms with Crippen LogP contribution in [0.15, 0.2) is 39.6 Å². The van der Waals surface area contributed by atoms with Gasteiger partial charge in [-0.15, -0.1) is 0 Å². The summed E-state index contributed by atoms with van der Waals surface area (Å²) in [5.74, 6) is 3.78. The van der Waals surface area contributed by atoms with Crippen molar-refractivity contribution in [2.75, 3.05) is 40.4 Å². The van der Waals surface area contributed by atoms with Crippen molar-refractivity contribution in [3.8, 4) is 11.5 Å². The molecule has 174 valence electrons. The van der Waals surface area contributed by atoms with Gasteiger partial charge in [-0.25, -0.2) is 8.42 Å². The fourth-order valence-electron chi connectivity index (χ4n) is 4.14. The van der Waals surface area contributed by atoms with Crippen LogP contribution in [0.5, 0.6) is 11.5 Å². The third kappa shape index (κ3) is 4.63. The number of benzene rings is 1. The molecule has 0 bridgehead atoms. The highest BCUT2D eigenvalue weighted by Gasteiger charge is 2.36. The number of amides is 1. The van der Waals surface area contributed by atoms with Gasteiger partial charge >= 0.3 is 0 Å². The molecule has 1 aromatic carbocycles. The van der Waals surface area contributed by atoms with E-state index < -0.39 is 10.0 Å². The molecule has 0 N–H and O–H groups in total. The van der Waals surface area contributed by atoms with Gasteiger partial charge in [0.15, 0.2) is 0 Å². The first kappa shape index (κ1) is 22.7. The lowest BCUT2D eigenvalue weighted by atomic mass is 10.2. The molecule has 1 saturated heterocycles. The largest absolute Gasteiger partial charge is 0.497 e. The van der Waals surface area contributed by atoms with E-state index in [1.165, 1.54) is 31.0 Å². The van der Waals surface area contributed by atoms with E-state index >= 15 is 0 Å². The highest BCUT2D eigenvalue weighted by Crippen LogP contribution is 2.47. The predicted octanol–water partition coefficient (Wildman–Crippen LogP) is 2.89. The third-order valence-electron chi connectivity index (χ3n) is 6.32. The van der Waals surface area contributed by atoms with Crippen molar-refractivity contribution in [3.63, 3.8) is 0 Å². The van der Waals surface area contributed by atoms with Crippen molar-refractivity contribution in [2.24, 2.45) is 5.92 Å². The third-order valence-corrected chi connectivity index (χ3v) is 8.24. The van der Waals surface area contributed by atoms with E-state index in [1.54, 1.807) is 17.0 Å². The first-order valence-electron chi connectivity index (χ1n) is 10.9. The Bertz CT molecular complexity index is 1070. The van der Waals surface area contributed by atoms with Crippen molar-refractivity contribution < 1.29 is 27.1 Å². The van der Waals surface area contributed by atoms with Crippen LogP contribution < -0.4 is 9.47 Å². The summed E-state index contributed by atoms with van der Waals surface area (Å²) < 4.78 is 44.1. The van der Waals surface area contributed by atoms with Crippen LogP contribution in [0.2, 0.25) is 0 Å². The average molecular weight is 463 g/mol. The van der Waals surface area contributed by atoms with E-state index in [1.807, 2.05) is 12.1 Å². The first-order valence-corrected chi connectivity index (χ1v) is 12.4. The summed E-state index contributed by atoms with van der Waals surface area (Å²) in [6.45, 7) is 3.39. The van der Waals surface area contributed by atoms with E-state index in [2.05, 4.69) is 6.92 Å². The SMILES string of the molecule is COc1ccc(OC)c(S(=O)(=O)N2CCN(C(=O)CCc3ccc(C4CC4C)o3)CC2)c1. The minimum atomic E-state index is -3.77. The summed E-state index contributed by atoms with van der Waals surface area (Å²) in [5, 5.41) is 0. The molecule has 1 aromatic heterocycles.